The SMILES string of the molecule is C=CCN=C1SC(=C2C=Cc3ccccc3N2C)C(=O)N1S(=O)(=O)c1ccc(C)cc1. The maximum Gasteiger partial charge on any atom is 0.283 e. The van der Waals surface area contributed by atoms with E-state index >= 15 is 0 Å². The Morgan fingerprint density at radius 1 is 1.10 bits per heavy atom. The Balaban J connectivity index is 1.82. The number of aliphatic imine (C=N–C) groups is 1. The molecule has 0 saturated carbocycles. The molecule has 6 nitrogen and oxygen atoms in total. The Morgan fingerprint density at radius 3 is 2.52 bits per heavy atom. The van der Waals surface area contributed by atoms with Crippen molar-refractivity contribution in [1.82, 2.24) is 4.31 Å². The lowest BCUT2D eigenvalue weighted by Crippen LogP contribution is -2.36. The first-order chi connectivity index (χ1) is 14.8. The van der Waals surface area contributed by atoms with Crippen molar-refractivity contribution in [3.63, 3.8) is 0 Å². The number of anilines is 1. The Bertz CT molecular complexity index is 1260. The quantitative estimate of drug-likeness (QED) is 0.515. The number of rotatable bonds is 4. The zero-order chi connectivity index (χ0) is 22.2. The largest absolute Gasteiger partial charge is 0.343 e. The van der Waals surface area contributed by atoms with Crippen LogP contribution >= 0.6 is 11.8 Å². The second-order valence-corrected chi connectivity index (χ2v) is 9.83. The van der Waals surface area contributed by atoms with Crippen LogP contribution in [0.2, 0.25) is 0 Å². The molecule has 2 aliphatic heterocycles. The molecule has 0 spiro atoms. The van der Waals surface area contributed by atoms with Crippen molar-refractivity contribution in [2.24, 2.45) is 4.99 Å². The maximum absolute atomic E-state index is 13.4. The van der Waals surface area contributed by atoms with Gasteiger partial charge in [-0.3, -0.25) is 9.79 Å². The Kier molecular flexibility index (Phi) is 5.60. The van der Waals surface area contributed by atoms with E-state index in [4.69, 9.17) is 0 Å². The van der Waals surface area contributed by atoms with Crippen LogP contribution in [-0.2, 0) is 14.8 Å². The van der Waals surface area contributed by atoms with Gasteiger partial charge >= 0.3 is 0 Å². The Labute approximate surface area is 186 Å². The number of nitrogens with zero attached hydrogens (tertiary/aromatic N) is 3. The lowest BCUT2D eigenvalue weighted by molar-refractivity contribution is -0.119. The van der Waals surface area contributed by atoms with E-state index in [1.807, 2.05) is 55.3 Å². The molecule has 0 aliphatic carbocycles. The van der Waals surface area contributed by atoms with E-state index in [0.717, 1.165) is 32.9 Å². The van der Waals surface area contributed by atoms with E-state index in [-0.39, 0.29) is 16.6 Å². The van der Waals surface area contributed by atoms with Gasteiger partial charge in [0, 0.05) is 12.7 Å². The molecular formula is C23H21N3O3S2. The third-order valence-corrected chi connectivity index (χ3v) is 7.86. The number of aryl methyl sites for hydroxylation is 1. The third-order valence-electron chi connectivity index (χ3n) is 4.97. The lowest BCUT2D eigenvalue weighted by Gasteiger charge is -2.27. The fourth-order valence-electron chi connectivity index (χ4n) is 3.36. The summed E-state index contributed by atoms with van der Waals surface area (Å²) in [4.78, 5) is 20.0. The topological polar surface area (TPSA) is 70.1 Å². The van der Waals surface area contributed by atoms with Gasteiger partial charge < -0.3 is 4.90 Å². The summed E-state index contributed by atoms with van der Waals surface area (Å²) in [5, 5.41) is 0.119. The summed E-state index contributed by atoms with van der Waals surface area (Å²) >= 11 is 1.06. The maximum atomic E-state index is 13.4. The number of allylic oxidation sites excluding steroid dienone is 1. The van der Waals surface area contributed by atoms with E-state index in [2.05, 4.69) is 11.6 Å². The molecule has 0 radical (unpaired) electrons. The van der Waals surface area contributed by atoms with Crippen LogP contribution in [0.4, 0.5) is 5.69 Å². The summed E-state index contributed by atoms with van der Waals surface area (Å²) in [5.74, 6) is -0.612. The summed E-state index contributed by atoms with van der Waals surface area (Å²) in [5.41, 5.74) is 3.51. The molecule has 0 unspecified atom stereocenters. The third kappa shape index (κ3) is 3.73. The number of hydrogen-bond donors (Lipinski definition) is 0. The average molecular weight is 452 g/mol. The molecule has 31 heavy (non-hydrogen) atoms. The van der Waals surface area contributed by atoms with Crippen molar-refractivity contribution in [2.75, 3.05) is 18.5 Å². The Hall–Kier alpha value is -3.10. The molecule has 0 atom stereocenters. The predicted molar refractivity (Wildman–Crippen MR) is 126 cm³/mol. The van der Waals surface area contributed by atoms with Crippen molar-refractivity contribution in [3.05, 3.63) is 89.0 Å². The minimum absolute atomic E-state index is 0.0440. The monoisotopic (exact) mass is 451 g/mol. The van der Waals surface area contributed by atoms with E-state index in [9.17, 15) is 13.2 Å². The highest BCUT2D eigenvalue weighted by atomic mass is 32.2. The molecule has 4 rings (SSSR count). The van der Waals surface area contributed by atoms with Gasteiger partial charge in [-0.1, -0.05) is 48.0 Å². The van der Waals surface area contributed by atoms with E-state index in [1.165, 1.54) is 12.1 Å². The molecule has 2 aliphatic rings. The first kappa shape index (κ1) is 21.1. The van der Waals surface area contributed by atoms with Crippen LogP contribution in [0, 0.1) is 6.92 Å². The molecule has 1 amide bonds. The van der Waals surface area contributed by atoms with Crippen LogP contribution in [0.5, 0.6) is 0 Å². The number of para-hydroxylation sites is 1. The second-order valence-electron chi connectivity index (χ2n) is 7.07. The molecule has 2 heterocycles. The normalized spacial score (nSPS) is 19.8. The summed E-state index contributed by atoms with van der Waals surface area (Å²) in [6, 6.07) is 14.2. The molecule has 1 fully saturated rings. The van der Waals surface area contributed by atoms with E-state index in [0.29, 0.717) is 10.6 Å². The number of carbonyl (C=O) groups excluding carboxylic acids is 1. The van der Waals surface area contributed by atoms with Gasteiger partial charge in [-0.15, -0.1) is 6.58 Å². The van der Waals surface area contributed by atoms with Gasteiger partial charge in [0.05, 0.1) is 17.1 Å². The zero-order valence-corrected chi connectivity index (χ0v) is 18.8. The first-order valence-electron chi connectivity index (χ1n) is 9.59. The van der Waals surface area contributed by atoms with Gasteiger partial charge in [-0.05, 0) is 48.5 Å². The minimum Gasteiger partial charge on any atom is -0.343 e. The van der Waals surface area contributed by atoms with Crippen molar-refractivity contribution < 1.29 is 13.2 Å². The average Bonchev–Trinajstić information content (AvgIpc) is 3.09. The molecule has 8 heteroatoms. The second kappa shape index (κ2) is 8.20. The van der Waals surface area contributed by atoms with Crippen molar-refractivity contribution in [3.8, 4) is 0 Å². The van der Waals surface area contributed by atoms with Crippen LogP contribution in [0.1, 0.15) is 11.1 Å². The van der Waals surface area contributed by atoms with Gasteiger partial charge in [0.15, 0.2) is 5.17 Å². The number of amidine groups is 1. The fourth-order valence-corrected chi connectivity index (χ4v) is 6.06. The zero-order valence-electron chi connectivity index (χ0n) is 17.1. The number of likely N-dealkylation sites (N-methyl/N-ethyl adjacent to an activating group) is 1. The van der Waals surface area contributed by atoms with Crippen LogP contribution in [-0.4, -0.2) is 37.4 Å². The summed E-state index contributed by atoms with van der Waals surface area (Å²) in [7, 11) is -2.26. The molecule has 0 N–H and O–H groups in total. The highest BCUT2D eigenvalue weighted by Crippen LogP contribution is 2.41. The number of amides is 1. The number of carbonyl (C=O) groups is 1. The van der Waals surface area contributed by atoms with Crippen molar-refractivity contribution in [1.29, 1.82) is 0 Å². The molecule has 1 saturated heterocycles. The number of benzene rings is 2. The first-order valence-corrected chi connectivity index (χ1v) is 11.8. The fraction of sp³-hybridized carbons (Fsp3) is 0.130. The highest BCUT2D eigenvalue weighted by molar-refractivity contribution is 8.19. The van der Waals surface area contributed by atoms with Gasteiger partial charge in [-0.2, -0.15) is 4.31 Å². The smallest absolute Gasteiger partial charge is 0.283 e. The number of fused-ring (bicyclic) bond motifs is 1. The molecule has 2 aromatic rings. The lowest BCUT2D eigenvalue weighted by atomic mass is 10.1. The van der Waals surface area contributed by atoms with Gasteiger partial charge in [-0.25, -0.2) is 8.42 Å². The van der Waals surface area contributed by atoms with Crippen LogP contribution in [0.3, 0.4) is 0 Å². The summed E-state index contributed by atoms with van der Waals surface area (Å²) in [6.45, 7) is 5.71. The molecule has 0 aromatic heterocycles. The Morgan fingerprint density at radius 2 is 1.81 bits per heavy atom. The standard InChI is InChI=1S/C23H21N3O3S2/c1-4-15-24-23-26(31(28,29)18-12-9-16(2)10-13-18)22(27)21(30-23)20-14-11-17-7-5-6-8-19(17)25(20)3/h4-14H,1,15H2,2-3H3. The number of hydrogen-bond acceptors (Lipinski definition) is 6. The molecular weight excluding hydrogens is 430 g/mol. The summed E-state index contributed by atoms with van der Waals surface area (Å²) in [6.07, 6.45) is 5.31. The van der Waals surface area contributed by atoms with Gasteiger partial charge in [0.2, 0.25) is 0 Å². The van der Waals surface area contributed by atoms with Crippen LogP contribution in [0.15, 0.2) is 87.8 Å². The molecule has 2 aromatic carbocycles. The van der Waals surface area contributed by atoms with Crippen molar-refractivity contribution in [2.45, 2.75) is 11.8 Å². The van der Waals surface area contributed by atoms with Crippen LogP contribution < -0.4 is 4.90 Å². The number of sulfonamides is 1. The minimum atomic E-state index is -4.11. The highest BCUT2D eigenvalue weighted by Gasteiger charge is 2.44. The molecule has 158 valence electrons. The molecule has 0 bridgehead atoms. The number of thioether (sulfide) groups is 1. The predicted octanol–water partition coefficient (Wildman–Crippen LogP) is 4.18. The van der Waals surface area contributed by atoms with E-state index in [1.54, 1.807) is 18.2 Å². The van der Waals surface area contributed by atoms with Gasteiger partial charge in [0.25, 0.3) is 15.9 Å². The van der Waals surface area contributed by atoms with Crippen LogP contribution in [0.25, 0.3) is 6.08 Å². The summed E-state index contributed by atoms with van der Waals surface area (Å²) < 4.78 is 27.5. The van der Waals surface area contributed by atoms with E-state index < -0.39 is 15.9 Å². The van der Waals surface area contributed by atoms with Crippen molar-refractivity contribution >= 4 is 44.6 Å². The van der Waals surface area contributed by atoms with Gasteiger partial charge in [0.1, 0.15) is 4.91 Å².